The fourth-order valence-electron chi connectivity index (χ4n) is 10.1. The molecule has 1 nitrogen and oxygen atoms in total. The van der Waals surface area contributed by atoms with Gasteiger partial charge in [-0.1, -0.05) is 188 Å². The zero-order chi connectivity index (χ0) is 40.3. The third-order valence-corrected chi connectivity index (χ3v) is 13.9. The van der Waals surface area contributed by atoms with Crippen LogP contribution in [0.5, 0.6) is 0 Å². The number of fused-ring (bicyclic) bond motifs is 7. The molecular weight excluding hydrogens is 755 g/mol. The highest BCUT2D eigenvalue weighted by Gasteiger charge is 2.47. The second-order valence-electron chi connectivity index (χ2n) is 16.0. The molecule has 10 aromatic carbocycles. The lowest BCUT2D eigenvalue weighted by Gasteiger charge is -2.34. The summed E-state index contributed by atoms with van der Waals surface area (Å²) < 4.78 is 2.63. The number of hydrogen-bond acceptors (Lipinski definition) is 2. The van der Waals surface area contributed by atoms with Gasteiger partial charge < -0.3 is 4.90 Å². The quantitative estimate of drug-likeness (QED) is 0.155. The van der Waals surface area contributed by atoms with Crippen molar-refractivity contribution < 1.29 is 0 Å². The van der Waals surface area contributed by atoms with E-state index in [1.54, 1.807) is 0 Å². The summed E-state index contributed by atoms with van der Waals surface area (Å²) in [4.78, 5) is 2.52. The molecule has 0 saturated heterocycles. The average molecular weight is 794 g/mol. The molecule has 0 aliphatic heterocycles. The lowest BCUT2D eigenvalue weighted by Crippen LogP contribution is -2.28. The van der Waals surface area contributed by atoms with Crippen LogP contribution in [0.25, 0.3) is 64.3 Å². The molecule has 61 heavy (non-hydrogen) atoms. The van der Waals surface area contributed by atoms with E-state index in [2.05, 4.69) is 241 Å². The number of benzene rings is 10. The lowest BCUT2D eigenvalue weighted by atomic mass is 9.68. The van der Waals surface area contributed by atoms with Gasteiger partial charge in [0.1, 0.15) is 0 Å². The van der Waals surface area contributed by atoms with Crippen molar-refractivity contribution in [2.24, 2.45) is 0 Å². The van der Waals surface area contributed by atoms with Gasteiger partial charge in [0.05, 0.1) is 16.8 Å². The van der Waals surface area contributed by atoms with Crippen molar-refractivity contribution >= 4 is 59.3 Å². The molecule has 0 bridgehead atoms. The molecule has 1 aliphatic carbocycles. The molecule has 0 amide bonds. The molecule has 0 atom stereocenters. The molecule has 0 N–H and O–H groups in total. The normalized spacial score (nSPS) is 12.7. The van der Waals surface area contributed by atoms with E-state index in [0.717, 1.165) is 17.1 Å². The van der Waals surface area contributed by atoms with Crippen molar-refractivity contribution in [2.75, 3.05) is 4.90 Å². The van der Waals surface area contributed by atoms with Gasteiger partial charge in [-0.05, 0) is 104 Å². The molecule has 1 heterocycles. The molecule has 0 spiro atoms. The Bertz CT molecular complexity index is 3400. The molecular formula is C59H39NS. The van der Waals surface area contributed by atoms with E-state index >= 15 is 0 Å². The first-order valence-corrected chi connectivity index (χ1v) is 21.8. The van der Waals surface area contributed by atoms with Crippen LogP contribution in [0.15, 0.2) is 237 Å². The predicted molar refractivity (Wildman–Crippen MR) is 260 cm³/mol. The van der Waals surface area contributed by atoms with Crippen LogP contribution < -0.4 is 4.90 Å². The van der Waals surface area contributed by atoms with Crippen LogP contribution >= 0.6 is 11.3 Å². The summed E-state index contributed by atoms with van der Waals surface area (Å²) in [6.07, 6.45) is 0. The minimum absolute atomic E-state index is 0.519. The van der Waals surface area contributed by atoms with Crippen LogP contribution in [0.4, 0.5) is 17.1 Å². The predicted octanol–water partition coefficient (Wildman–Crippen LogP) is 16.4. The second kappa shape index (κ2) is 14.3. The van der Waals surface area contributed by atoms with E-state index in [1.807, 2.05) is 11.3 Å². The third kappa shape index (κ3) is 5.60. The molecule has 0 radical (unpaired) electrons. The maximum absolute atomic E-state index is 2.52. The Kier molecular flexibility index (Phi) is 8.33. The van der Waals surface area contributed by atoms with E-state index in [0.29, 0.717) is 0 Å². The van der Waals surface area contributed by atoms with Crippen LogP contribution in [0.3, 0.4) is 0 Å². The molecule has 1 aliphatic rings. The second-order valence-corrected chi connectivity index (χ2v) is 17.1. The first kappa shape index (κ1) is 35.4. The molecule has 2 heteroatoms. The number of hydrogen-bond donors (Lipinski definition) is 0. The van der Waals surface area contributed by atoms with Gasteiger partial charge in [0, 0.05) is 37.0 Å². The van der Waals surface area contributed by atoms with Gasteiger partial charge in [-0.15, -0.1) is 11.3 Å². The molecule has 0 unspecified atom stereocenters. The van der Waals surface area contributed by atoms with Crippen molar-refractivity contribution in [1.82, 2.24) is 0 Å². The van der Waals surface area contributed by atoms with Crippen LogP contribution in [-0.4, -0.2) is 0 Å². The summed E-state index contributed by atoms with van der Waals surface area (Å²) in [5.74, 6) is 0. The maximum Gasteiger partial charge on any atom is 0.0714 e. The Morgan fingerprint density at radius 3 is 1.79 bits per heavy atom. The molecule has 12 rings (SSSR count). The fourth-order valence-corrected chi connectivity index (χ4v) is 11.2. The Balaban J connectivity index is 1.13. The van der Waals surface area contributed by atoms with E-state index in [9.17, 15) is 0 Å². The Morgan fingerprint density at radius 1 is 0.344 bits per heavy atom. The van der Waals surface area contributed by atoms with Gasteiger partial charge in [-0.2, -0.15) is 0 Å². The van der Waals surface area contributed by atoms with Crippen LogP contribution in [-0.2, 0) is 5.41 Å². The van der Waals surface area contributed by atoms with Gasteiger partial charge >= 0.3 is 0 Å². The highest BCUT2D eigenvalue weighted by Crippen LogP contribution is 2.60. The Labute approximate surface area is 360 Å². The van der Waals surface area contributed by atoms with E-state index in [-0.39, 0.29) is 0 Å². The smallest absolute Gasteiger partial charge is 0.0714 e. The van der Waals surface area contributed by atoms with Gasteiger partial charge in [0.15, 0.2) is 0 Å². The highest BCUT2D eigenvalue weighted by atomic mass is 32.1. The molecule has 286 valence electrons. The van der Waals surface area contributed by atoms with Crippen LogP contribution in [0, 0.1) is 0 Å². The number of rotatable bonds is 7. The van der Waals surface area contributed by atoms with Crippen molar-refractivity contribution in [2.45, 2.75) is 5.41 Å². The first-order valence-electron chi connectivity index (χ1n) is 21.0. The zero-order valence-electron chi connectivity index (χ0n) is 33.4. The largest absolute Gasteiger partial charge is 0.309 e. The van der Waals surface area contributed by atoms with Crippen LogP contribution in [0.1, 0.15) is 22.3 Å². The first-order chi connectivity index (χ1) is 30.3. The maximum atomic E-state index is 2.52. The van der Waals surface area contributed by atoms with E-state index in [4.69, 9.17) is 0 Å². The van der Waals surface area contributed by atoms with Crippen molar-refractivity contribution in [3.63, 3.8) is 0 Å². The third-order valence-electron chi connectivity index (χ3n) is 12.7. The minimum atomic E-state index is -0.519. The van der Waals surface area contributed by atoms with Gasteiger partial charge in [-0.25, -0.2) is 0 Å². The van der Waals surface area contributed by atoms with E-state index < -0.39 is 5.41 Å². The van der Waals surface area contributed by atoms with Gasteiger partial charge in [-0.3, -0.25) is 0 Å². The summed E-state index contributed by atoms with van der Waals surface area (Å²) in [5.41, 5.74) is 15.2. The topological polar surface area (TPSA) is 3.24 Å². The van der Waals surface area contributed by atoms with E-state index in [1.165, 1.54) is 86.6 Å². The molecule has 0 saturated carbocycles. The SMILES string of the molecule is c1ccc(C2(c3ccccc3)c3ccccc3-c3c(N(c4cccc(-c5ccc6sc7ccccc7c6c5)c4)c4ccccc4-c4ccc5ccccc5c4)cccc32)cc1. The standard InChI is InChI=1S/C59H39NS/c1-3-20-45(21-4-1)59(46-22-5-2-6-23-46)52-28-12-9-27-50(52)58-53(59)29-16-31-55(58)60(54-30-13-10-25-48(54)44-34-33-40-17-7-8-18-41(40)37-44)47-24-15-19-42(38-47)43-35-36-57-51(39-43)49-26-11-14-32-56(49)61-57/h1-39H. The summed E-state index contributed by atoms with van der Waals surface area (Å²) >= 11 is 1.86. The summed E-state index contributed by atoms with van der Waals surface area (Å²) in [5, 5.41) is 5.08. The highest BCUT2D eigenvalue weighted by molar-refractivity contribution is 7.25. The minimum Gasteiger partial charge on any atom is -0.309 e. The number of thiophene rings is 1. The zero-order valence-corrected chi connectivity index (χ0v) is 34.2. The number of para-hydroxylation sites is 1. The Morgan fingerprint density at radius 2 is 0.951 bits per heavy atom. The molecule has 11 aromatic rings. The lowest BCUT2D eigenvalue weighted by molar-refractivity contribution is 0.768. The summed E-state index contributed by atoms with van der Waals surface area (Å²) in [6.45, 7) is 0. The summed E-state index contributed by atoms with van der Waals surface area (Å²) in [6, 6.07) is 87.5. The van der Waals surface area contributed by atoms with Crippen molar-refractivity contribution in [3.8, 4) is 33.4 Å². The van der Waals surface area contributed by atoms with Crippen molar-refractivity contribution in [3.05, 3.63) is 259 Å². The fraction of sp³-hybridized carbons (Fsp3) is 0.0169. The molecule has 0 fully saturated rings. The molecule has 1 aromatic heterocycles. The van der Waals surface area contributed by atoms with Crippen molar-refractivity contribution in [1.29, 1.82) is 0 Å². The monoisotopic (exact) mass is 793 g/mol. The number of nitrogens with zero attached hydrogens (tertiary/aromatic N) is 1. The summed E-state index contributed by atoms with van der Waals surface area (Å²) in [7, 11) is 0. The van der Waals surface area contributed by atoms with Crippen LogP contribution in [0.2, 0.25) is 0 Å². The van der Waals surface area contributed by atoms with Gasteiger partial charge in [0.25, 0.3) is 0 Å². The van der Waals surface area contributed by atoms with Gasteiger partial charge in [0.2, 0.25) is 0 Å². The Hall–Kier alpha value is -7.52. The number of anilines is 3. The average Bonchev–Trinajstić information content (AvgIpc) is 3.86.